The van der Waals surface area contributed by atoms with Crippen molar-refractivity contribution in [3.8, 4) is 0 Å². The van der Waals surface area contributed by atoms with Crippen LogP contribution in [-0.2, 0) is 4.84 Å². The van der Waals surface area contributed by atoms with Gasteiger partial charge in [0.15, 0.2) is 0 Å². The highest BCUT2D eigenvalue weighted by molar-refractivity contribution is 6.30. The molecule has 0 bridgehead atoms. The third-order valence-electron chi connectivity index (χ3n) is 4.13. The van der Waals surface area contributed by atoms with Crippen LogP contribution in [0.2, 0.25) is 5.02 Å². The number of hydrogen-bond donors (Lipinski definition) is 1. The SMILES string of the molecule is CON(C(=O)N1CC[N+](C)(CCO)CC1)c1cccc(Cl)c1.[I-]. The molecule has 1 heterocycles. The van der Waals surface area contributed by atoms with Crippen molar-refractivity contribution in [3.63, 3.8) is 0 Å². The Morgan fingerprint density at radius 2 is 2.09 bits per heavy atom. The van der Waals surface area contributed by atoms with E-state index < -0.39 is 0 Å². The van der Waals surface area contributed by atoms with Crippen LogP contribution in [0, 0.1) is 0 Å². The summed E-state index contributed by atoms with van der Waals surface area (Å²) in [5.74, 6) is 0. The first-order valence-electron chi connectivity index (χ1n) is 7.32. The minimum absolute atomic E-state index is 0. The first kappa shape index (κ1) is 20.4. The van der Waals surface area contributed by atoms with Crippen LogP contribution in [0.25, 0.3) is 0 Å². The molecule has 0 aromatic heterocycles. The van der Waals surface area contributed by atoms with Gasteiger partial charge in [-0.25, -0.2) is 4.79 Å². The summed E-state index contributed by atoms with van der Waals surface area (Å²) in [4.78, 5) is 19.6. The van der Waals surface area contributed by atoms with Gasteiger partial charge in [-0.3, -0.25) is 4.84 Å². The number of quaternary nitrogens is 1. The number of hydroxylamine groups is 1. The summed E-state index contributed by atoms with van der Waals surface area (Å²) in [6.07, 6.45) is 0. The van der Waals surface area contributed by atoms with Crippen LogP contribution in [0.4, 0.5) is 10.5 Å². The number of carbonyl (C=O) groups excluding carboxylic acids is 1. The highest BCUT2D eigenvalue weighted by Gasteiger charge is 2.33. The highest BCUT2D eigenvalue weighted by atomic mass is 127. The summed E-state index contributed by atoms with van der Waals surface area (Å²) < 4.78 is 0.782. The van der Waals surface area contributed by atoms with E-state index in [1.165, 1.54) is 12.2 Å². The first-order valence-corrected chi connectivity index (χ1v) is 7.70. The molecule has 1 aromatic rings. The molecule has 2 rings (SSSR count). The minimum Gasteiger partial charge on any atom is -1.00 e. The Kier molecular flexibility index (Phi) is 8.02. The maximum Gasteiger partial charge on any atom is 0.349 e. The molecule has 0 spiro atoms. The fourth-order valence-corrected chi connectivity index (χ4v) is 2.81. The summed E-state index contributed by atoms with van der Waals surface area (Å²) in [6.45, 7) is 3.78. The first-order chi connectivity index (χ1) is 10.5. The molecule has 2 amide bonds. The van der Waals surface area contributed by atoms with Gasteiger partial charge in [-0.05, 0) is 18.2 Å². The van der Waals surface area contributed by atoms with Gasteiger partial charge >= 0.3 is 6.03 Å². The Morgan fingerprint density at radius 3 is 2.61 bits per heavy atom. The predicted molar refractivity (Wildman–Crippen MR) is 85.8 cm³/mol. The molecule has 0 radical (unpaired) electrons. The summed E-state index contributed by atoms with van der Waals surface area (Å²) in [7, 11) is 3.57. The summed E-state index contributed by atoms with van der Waals surface area (Å²) in [5, 5.41) is 10.9. The largest absolute Gasteiger partial charge is 1.00 e. The fourth-order valence-electron chi connectivity index (χ4n) is 2.63. The molecule has 0 atom stereocenters. The van der Waals surface area contributed by atoms with Gasteiger partial charge in [0.2, 0.25) is 0 Å². The molecular formula is C15H23ClIN3O3. The van der Waals surface area contributed by atoms with Crippen molar-refractivity contribution < 1.29 is 43.2 Å². The highest BCUT2D eigenvalue weighted by Crippen LogP contribution is 2.21. The number of rotatable bonds is 4. The molecule has 0 unspecified atom stereocenters. The van der Waals surface area contributed by atoms with E-state index in [9.17, 15) is 4.79 Å². The standard InChI is InChI=1S/C15H23ClN3O3.HI/c1-19(10-11-20)8-6-17(7-9-19)15(21)18(22-2)14-5-3-4-13(16)12-14;/h3-5,12,20H,6-11H2,1-2H3;1H/q+1;/p-1. The second-order valence-corrected chi connectivity index (χ2v) is 6.18. The van der Waals surface area contributed by atoms with Crippen molar-refractivity contribution in [2.75, 3.05) is 58.6 Å². The Balaban J connectivity index is 0.00000264. The molecule has 1 N–H and O–H groups in total. The van der Waals surface area contributed by atoms with E-state index in [2.05, 4.69) is 7.05 Å². The third kappa shape index (κ3) is 5.18. The van der Waals surface area contributed by atoms with E-state index in [1.807, 2.05) is 0 Å². The van der Waals surface area contributed by atoms with E-state index in [4.69, 9.17) is 21.5 Å². The molecular weight excluding hydrogens is 433 g/mol. The zero-order chi connectivity index (χ0) is 16.2. The molecule has 1 aliphatic rings. The second-order valence-electron chi connectivity index (χ2n) is 5.74. The maximum atomic E-state index is 12.6. The number of aliphatic hydroxyl groups excluding tert-OH is 1. The van der Waals surface area contributed by atoms with Gasteiger partial charge in [0.25, 0.3) is 0 Å². The second kappa shape index (κ2) is 9.03. The molecule has 8 heteroatoms. The Hall–Kier alpha value is -0.610. The number of benzene rings is 1. The van der Waals surface area contributed by atoms with Gasteiger partial charge in [0.05, 0.1) is 52.6 Å². The summed E-state index contributed by atoms with van der Waals surface area (Å²) >= 11 is 5.98. The number of likely N-dealkylation sites (N-methyl/N-ethyl adjacent to an activating group) is 1. The quantitative estimate of drug-likeness (QED) is 0.345. The lowest BCUT2D eigenvalue weighted by Crippen LogP contribution is -3.00. The smallest absolute Gasteiger partial charge is 0.349 e. The van der Waals surface area contributed by atoms with E-state index in [0.717, 1.165) is 17.6 Å². The fraction of sp³-hybridized carbons (Fsp3) is 0.533. The summed E-state index contributed by atoms with van der Waals surface area (Å²) in [6, 6.07) is 6.81. The van der Waals surface area contributed by atoms with Crippen molar-refractivity contribution in [2.24, 2.45) is 0 Å². The monoisotopic (exact) mass is 455 g/mol. The molecule has 1 aliphatic heterocycles. The van der Waals surface area contributed by atoms with Crippen molar-refractivity contribution in [2.45, 2.75) is 0 Å². The van der Waals surface area contributed by atoms with Crippen LogP contribution in [0.5, 0.6) is 0 Å². The van der Waals surface area contributed by atoms with Crippen LogP contribution in [-0.4, -0.2) is 74.0 Å². The van der Waals surface area contributed by atoms with Gasteiger partial charge < -0.3 is 38.5 Å². The zero-order valence-electron chi connectivity index (χ0n) is 13.4. The lowest BCUT2D eigenvalue weighted by atomic mass is 10.2. The molecule has 6 nitrogen and oxygen atoms in total. The minimum atomic E-state index is -0.194. The topological polar surface area (TPSA) is 53.0 Å². The van der Waals surface area contributed by atoms with Gasteiger partial charge in [-0.1, -0.05) is 17.7 Å². The van der Waals surface area contributed by atoms with Crippen LogP contribution in [0.3, 0.4) is 0 Å². The van der Waals surface area contributed by atoms with Crippen molar-refractivity contribution in [1.29, 1.82) is 0 Å². The van der Waals surface area contributed by atoms with Crippen LogP contribution in [0.15, 0.2) is 24.3 Å². The molecule has 1 saturated heterocycles. The zero-order valence-corrected chi connectivity index (χ0v) is 16.3. The van der Waals surface area contributed by atoms with Gasteiger partial charge in [-0.2, -0.15) is 5.06 Å². The molecule has 1 aromatic carbocycles. The van der Waals surface area contributed by atoms with E-state index >= 15 is 0 Å². The number of amides is 2. The molecule has 0 saturated carbocycles. The van der Waals surface area contributed by atoms with Crippen molar-refractivity contribution in [1.82, 2.24) is 4.90 Å². The average molecular weight is 456 g/mol. The molecule has 0 aliphatic carbocycles. The number of nitrogens with zero attached hydrogens (tertiary/aromatic N) is 3. The number of halogens is 2. The number of urea groups is 1. The number of carbonyl (C=O) groups is 1. The third-order valence-corrected chi connectivity index (χ3v) is 4.36. The number of piperazine rings is 1. The van der Waals surface area contributed by atoms with Crippen molar-refractivity contribution >= 4 is 23.3 Å². The number of anilines is 1. The molecule has 23 heavy (non-hydrogen) atoms. The normalized spacial score (nSPS) is 16.6. The van der Waals surface area contributed by atoms with Crippen LogP contribution >= 0.6 is 11.6 Å². The van der Waals surface area contributed by atoms with Gasteiger partial charge in [-0.15, -0.1) is 0 Å². The van der Waals surface area contributed by atoms with E-state index in [-0.39, 0.29) is 36.6 Å². The number of hydrogen-bond acceptors (Lipinski definition) is 3. The lowest BCUT2D eigenvalue weighted by Gasteiger charge is -2.42. The van der Waals surface area contributed by atoms with Gasteiger partial charge in [0, 0.05) is 5.02 Å². The summed E-state index contributed by atoms with van der Waals surface area (Å²) in [5.41, 5.74) is 0.609. The molecule has 130 valence electrons. The van der Waals surface area contributed by atoms with E-state index in [1.54, 1.807) is 29.2 Å². The average Bonchev–Trinajstić information content (AvgIpc) is 2.49. The predicted octanol–water partition coefficient (Wildman–Crippen LogP) is -1.41. The Morgan fingerprint density at radius 1 is 1.43 bits per heavy atom. The van der Waals surface area contributed by atoms with Crippen molar-refractivity contribution in [3.05, 3.63) is 29.3 Å². The Labute approximate surface area is 159 Å². The van der Waals surface area contributed by atoms with Crippen LogP contribution < -0.4 is 29.0 Å². The number of aliphatic hydroxyl groups is 1. The van der Waals surface area contributed by atoms with Crippen LogP contribution in [0.1, 0.15) is 0 Å². The lowest BCUT2D eigenvalue weighted by molar-refractivity contribution is -0.913. The van der Waals surface area contributed by atoms with E-state index in [0.29, 0.717) is 30.3 Å². The maximum absolute atomic E-state index is 12.6. The molecule has 1 fully saturated rings. The Bertz CT molecular complexity index is 524. The van der Waals surface area contributed by atoms with Gasteiger partial charge in [0.1, 0.15) is 6.54 Å².